The van der Waals surface area contributed by atoms with Gasteiger partial charge >= 0.3 is 12.4 Å². The molecule has 0 unspecified atom stereocenters. The van der Waals surface area contributed by atoms with Gasteiger partial charge in [-0.2, -0.15) is 31.4 Å². The number of methoxy groups -OCH3 is 2. The van der Waals surface area contributed by atoms with Crippen LogP contribution in [-0.2, 0) is 21.9 Å². The Morgan fingerprint density at radius 2 is 1.09 bits per heavy atom. The van der Waals surface area contributed by atoms with Gasteiger partial charge in [0, 0.05) is 11.4 Å². The van der Waals surface area contributed by atoms with Crippen molar-refractivity contribution < 1.29 is 54.9 Å². The van der Waals surface area contributed by atoms with E-state index in [0.717, 1.165) is 35.4 Å². The number of carbonyl (C=O) groups excluding carboxylic acids is 2. The number of halogens is 6. The third-order valence-electron chi connectivity index (χ3n) is 7.56. The van der Waals surface area contributed by atoms with Gasteiger partial charge in [0.15, 0.2) is 36.2 Å². The first kappa shape index (κ1) is 39.5. The average Bonchev–Trinajstić information content (AvgIpc) is 3.62. The van der Waals surface area contributed by atoms with E-state index in [1.54, 1.807) is 66.8 Å². The van der Waals surface area contributed by atoms with Crippen LogP contribution in [0.25, 0.3) is 24.3 Å². The van der Waals surface area contributed by atoms with E-state index in [-0.39, 0.29) is 22.9 Å². The van der Waals surface area contributed by atoms with Gasteiger partial charge in [0.1, 0.15) is 0 Å². The number of carbonyl (C=O) groups is 2. The highest BCUT2D eigenvalue weighted by Gasteiger charge is 2.31. The van der Waals surface area contributed by atoms with E-state index in [1.807, 2.05) is 0 Å². The molecular weight excluding hydrogens is 734 g/mol. The summed E-state index contributed by atoms with van der Waals surface area (Å²) in [6.07, 6.45) is -1.99. The number of aromatic amines is 1. The van der Waals surface area contributed by atoms with Crippen molar-refractivity contribution in [2.75, 3.05) is 38.1 Å². The molecule has 1 aromatic heterocycles. The van der Waals surface area contributed by atoms with Gasteiger partial charge in [-0.25, -0.2) is 0 Å². The van der Waals surface area contributed by atoms with Crippen molar-refractivity contribution in [3.63, 3.8) is 0 Å². The first-order chi connectivity index (χ1) is 26.2. The standard InChI is InChI=1S/C39H32F6N4O6/c1-52-34-17-24(11-15-32(34)54-22-36(50)46-28-7-3-5-26(19-28)38(40,41)42)9-13-30-21-31(49-48-30)14-10-25-12-16-33(35(18-25)53-2)55-23-37(51)47-29-8-4-6-27(20-29)39(43,44)45/h3-21H,22-23H2,1-2H3,(H,46,50)(H,47,51)(H,48,49)/b13-9+,14-10+. The van der Waals surface area contributed by atoms with Crippen LogP contribution in [0.5, 0.6) is 23.0 Å². The Labute approximate surface area is 310 Å². The number of amides is 2. The second-order valence-corrected chi connectivity index (χ2v) is 11.6. The highest BCUT2D eigenvalue weighted by atomic mass is 19.4. The van der Waals surface area contributed by atoms with Crippen LogP contribution >= 0.6 is 0 Å². The zero-order valence-corrected chi connectivity index (χ0v) is 29.0. The summed E-state index contributed by atoms with van der Waals surface area (Å²) < 4.78 is 99.7. The SMILES string of the molecule is COc1cc(/C=C/c2cc(/C=C/c3ccc(OCC(=O)Nc4cccc(C(F)(F)F)c4)c(OC)c3)[nH]n2)ccc1OCC(=O)Nc1cccc(C(F)(F)F)c1. The fraction of sp³-hybridized carbons (Fsp3) is 0.154. The van der Waals surface area contributed by atoms with Crippen molar-refractivity contribution in [3.8, 4) is 23.0 Å². The molecule has 0 saturated heterocycles. The van der Waals surface area contributed by atoms with Crippen LogP contribution in [0.4, 0.5) is 37.7 Å². The maximum Gasteiger partial charge on any atom is 0.416 e. The van der Waals surface area contributed by atoms with Gasteiger partial charge in [-0.3, -0.25) is 14.7 Å². The highest BCUT2D eigenvalue weighted by molar-refractivity contribution is 5.92. The summed E-state index contributed by atoms with van der Waals surface area (Å²) in [6, 6.07) is 20.3. The lowest BCUT2D eigenvalue weighted by Gasteiger charge is -2.12. The third-order valence-corrected chi connectivity index (χ3v) is 7.56. The smallest absolute Gasteiger partial charge is 0.416 e. The molecule has 16 heteroatoms. The molecule has 0 radical (unpaired) electrons. The van der Waals surface area contributed by atoms with Gasteiger partial charge < -0.3 is 29.6 Å². The number of nitrogens with one attached hydrogen (secondary N) is 3. The molecule has 0 bridgehead atoms. The highest BCUT2D eigenvalue weighted by Crippen LogP contribution is 2.33. The Hall–Kier alpha value is -6.71. The van der Waals surface area contributed by atoms with Crippen LogP contribution in [0.3, 0.4) is 0 Å². The Morgan fingerprint density at radius 1 is 0.618 bits per heavy atom. The topological polar surface area (TPSA) is 124 Å². The Kier molecular flexibility index (Phi) is 12.5. The van der Waals surface area contributed by atoms with Crippen LogP contribution in [0, 0.1) is 0 Å². The second-order valence-electron chi connectivity index (χ2n) is 11.6. The lowest BCUT2D eigenvalue weighted by molar-refractivity contribution is -0.138. The van der Waals surface area contributed by atoms with E-state index in [4.69, 9.17) is 18.9 Å². The van der Waals surface area contributed by atoms with Crippen LogP contribution in [-0.4, -0.2) is 49.4 Å². The molecule has 10 nitrogen and oxygen atoms in total. The number of rotatable bonds is 14. The first-order valence-corrected chi connectivity index (χ1v) is 16.2. The van der Waals surface area contributed by atoms with Gasteiger partial charge in [-0.15, -0.1) is 0 Å². The molecule has 1 heterocycles. The summed E-state index contributed by atoms with van der Waals surface area (Å²) in [5, 5.41) is 12.0. The lowest BCUT2D eigenvalue weighted by atomic mass is 10.1. The van der Waals surface area contributed by atoms with Crippen LogP contribution in [0.2, 0.25) is 0 Å². The van der Waals surface area contributed by atoms with Gasteiger partial charge in [0.2, 0.25) is 0 Å². The maximum atomic E-state index is 13.0. The molecule has 4 aromatic carbocycles. The van der Waals surface area contributed by atoms with E-state index in [2.05, 4.69) is 20.8 Å². The number of ether oxygens (including phenoxy) is 4. The molecule has 5 aromatic rings. The average molecular weight is 767 g/mol. The summed E-state index contributed by atoms with van der Waals surface area (Å²) in [5.41, 5.74) is 0.928. The van der Waals surface area contributed by atoms with Crippen LogP contribution in [0.15, 0.2) is 91.0 Å². The molecular formula is C39H32F6N4O6. The molecule has 2 amide bonds. The number of hydrogen-bond acceptors (Lipinski definition) is 7. The van der Waals surface area contributed by atoms with Crippen molar-refractivity contribution in [1.29, 1.82) is 0 Å². The molecule has 3 N–H and O–H groups in total. The summed E-state index contributed by atoms with van der Waals surface area (Å²) >= 11 is 0. The monoisotopic (exact) mass is 766 g/mol. The molecule has 5 rings (SSSR count). The molecule has 0 aliphatic heterocycles. The van der Waals surface area contributed by atoms with Gasteiger partial charge in [-0.1, -0.05) is 36.4 Å². The number of alkyl halides is 6. The van der Waals surface area contributed by atoms with Crippen LogP contribution < -0.4 is 29.6 Å². The minimum Gasteiger partial charge on any atom is -0.493 e. The van der Waals surface area contributed by atoms with Crippen molar-refractivity contribution in [2.45, 2.75) is 12.4 Å². The fourth-order valence-corrected chi connectivity index (χ4v) is 4.93. The zero-order valence-electron chi connectivity index (χ0n) is 29.0. The molecule has 0 spiro atoms. The molecule has 55 heavy (non-hydrogen) atoms. The predicted molar refractivity (Wildman–Crippen MR) is 194 cm³/mol. The zero-order chi connectivity index (χ0) is 39.6. The normalized spacial score (nSPS) is 11.8. The summed E-state index contributed by atoms with van der Waals surface area (Å²) in [5.74, 6) is -0.154. The molecule has 0 atom stereocenters. The van der Waals surface area contributed by atoms with Crippen molar-refractivity contribution in [2.24, 2.45) is 0 Å². The first-order valence-electron chi connectivity index (χ1n) is 16.2. The van der Waals surface area contributed by atoms with E-state index < -0.39 is 48.5 Å². The van der Waals surface area contributed by atoms with E-state index >= 15 is 0 Å². The van der Waals surface area contributed by atoms with Gasteiger partial charge in [0.05, 0.1) is 36.7 Å². The molecule has 0 aliphatic carbocycles. The van der Waals surface area contributed by atoms with Crippen molar-refractivity contribution in [3.05, 3.63) is 125 Å². The quantitative estimate of drug-likeness (QED) is 0.0966. The Balaban J connectivity index is 1.13. The molecule has 0 aliphatic rings. The van der Waals surface area contributed by atoms with Gasteiger partial charge in [-0.05, 0) is 90.0 Å². The Morgan fingerprint density at radius 3 is 1.55 bits per heavy atom. The van der Waals surface area contributed by atoms with E-state index in [9.17, 15) is 35.9 Å². The van der Waals surface area contributed by atoms with E-state index in [0.29, 0.717) is 22.9 Å². The number of anilines is 2. The summed E-state index contributed by atoms with van der Waals surface area (Å²) in [6.45, 7) is -0.936. The number of aromatic nitrogens is 2. The Bertz CT molecular complexity index is 2040. The number of H-pyrrole nitrogens is 1. The maximum absolute atomic E-state index is 13.0. The molecule has 286 valence electrons. The largest absolute Gasteiger partial charge is 0.493 e. The minimum atomic E-state index is -4.54. The third kappa shape index (κ3) is 11.4. The number of hydrogen-bond donors (Lipinski definition) is 3. The predicted octanol–water partition coefficient (Wildman–Crippen LogP) is 8.84. The van der Waals surface area contributed by atoms with E-state index in [1.165, 1.54) is 38.5 Å². The summed E-state index contributed by atoms with van der Waals surface area (Å²) in [4.78, 5) is 24.7. The second kappa shape index (κ2) is 17.4. The van der Waals surface area contributed by atoms with Crippen molar-refractivity contribution >= 4 is 47.5 Å². The number of nitrogens with zero attached hydrogens (tertiary/aromatic N) is 1. The fourth-order valence-electron chi connectivity index (χ4n) is 4.93. The lowest BCUT2D eigenvalue weighted by Crippen LogP contribution is -2.20. The number of benzene rings is 4. The molecule has 0 fully saturated rings. The summed E-state index contributed by atoms with van der Waals surface area (Å²) in [7, 11) is 2.85. The molecule has 0 saturated carbocycles. The van der Waals surface area contributed by atoms with Gasteiger partial charge in [0.25, 0.3) is 11.8 Å². The minimum absolute atomic E-state index is 0.0157. The van der Waals surface area contributed by atoms with Crippen LogP contribution in [0.1, 0.15) is 33.6 Å². The van der Waals surface area contributed by atoms with Crippen molar-refractivity contribution in [1.82, 2.24) is 10.2 Å².